The van der Waals surface area contributed by atoms with Crippen molar-refractivity contribution < 1.29 is 42.3 Å². The minimum atomic E-state index is -0.118. The van der Waals surface area contributed by atoms with E-state index in [1.807, 2.05) is 56.7 Å². The zero-order valence-corrected chi connectivity index (χ0v) is 23.2. The van der Waals surface area contributed by atoms with E-state index >= 15 is 0 Å². The molecule has 0 saturated carbocycles. The number of benzene rings is 3. The second-order valence-corrected chi connectivity index (χ2v) is 8.29. The largest absolute Gasteiger partial charge is 0.663 e. The minimum Gasteiger partial charge on any atom is -0.663 e. The van der Waals surface area contributed by atoms with Gasteiger partial charge in [0.1, 0.15) is 11.6 Å². The normalized spacial score (nSPS) is 12.4. The van der Waals surface area contributed by atoms with Gasteiger partial charge in [-0.05, 0) is 62.5 Å². The van der Waals surface area contributed by atoms with Crippen LogP contribution in [0.3, 0.4) is 0 Å². The summed E-state index contributed by atoms with van der Waals surface area (Å²) in [5.41, 5.74) is 3.32. The van der Waals surface area contributed by atoms with Crippen molar-refractivity contribution in [2.24, 2.45) is 0 Å². The number of hydrogen-bond donors (Lipinski definition) is 2. The van der Waals surface area contributed by atoms with Gasteiger partial charge in [-0.3, -0.25) is 9.59 Å². The van der Waals surface area contributed by atoms with Crippen molar-refractivity contribution in [1.29, 1.82) is 0 Å². The van der Waals surface area contributed by atoms with Gasteiger partial charge in [-0.15, -0.1) is 5.52 Å². The molecule has 1 heterocycles. The molecule has 0 aliphatic carbocycles. The molecule has 2 unspecified atom stereocenters. The van der Waals surface area contributed by atoms with Gasteiger partial charge in [0.2, 0.25) is 0 Å². The van der Waals surface area contributed by atoms with Gasteiger partial charge in [-0.2, -0.15) is 6.20 Å². The van der Waals surface area contributed by atoms with E-state index in [1.165, 1.54) is 16.3 Å². The molecule has 175 valence electrons. The first-order chi connectivity index (χ1) is 15.9. The Kier molecular flexibility index (Phi) is 11.3. The molecule has 0 aliphatic rings. The Balaban J connectivity index is 0.000000234. The number of para-hydroxylation sites is 1. The fraction of sp³-hybridized carbons (Fsp3) is 0.286. The Hall–Kier alpha value is -2.18. The maximum atomic E-state index is 11.4. The topological polar surface area (TPSA) is 72.3 Å². The molecule has 3 aromatic carbocycles. The zero-order valence-electron chi connectivity index (χ0n) is 20.3. The third-order valence-corrected chi connectivity index (χ3v) is 5.97. The molecule has 0 aliphatic heterocycles. The molecule has 1 radical (unpaired) electrons. The number of nitrogens with zero attached hydrogens (tertiary/aromatic N) is 1. The molecule has 2 N–H and O–H groups in total. The predicted octanol–water partition coefficient (Wildman–Crippen LogP) is 4.07. The first-order valence-corrected chi connectivity index (χ1v) is 11.2. The number of likely N-dealkylation sites (N-methyl/N-ethyl adjacent to an activating group) is 2. The monoisotopic (exact) mass is 531 g/mol. The number of aromatic nitrogens is 1. The smallest absolute Gasteiger partial charge is 0.147 e. The van der Waals surface area contributed by atoms with Crippen LogP contribution in [0.5, 0.6) is 0 Å². The van der Waals surface area contributed by atoms with E-state index in [-0.39, 0.29) is 56.4 Å². The van der Waals surface area contributed by atoms with E-state index in [4.69, 9.17) is 0 Å². The van der Waals surface area contributed by atoms with Crippen LogP contribution in [0.15, 0.2) is 72.9 Å². The van der Waals surface area contributed by atoms with Crippen LogP contribution in [0.1, 0.15) is 25.0 Å². The summed E-state index contributed by atoms with van der Waals surface area (Å²) in [5.74, 6) is 0.341. The van der Waals surface area contributed by atoms with E-state index in [1.54, 1.807) is 13.8 Å². The van der Waals surface area contributed by atoms with Crippen LogP contribution < -0.4 is 15.6 Å². The van der Waals surface area contributed by atoms with E-state index in [0.717, 1.165) is 22.9 Å². The molecule has 0 spiro atoms. The average Bonchev–Trinajstić information content (AvgIpc) is 3.23. The molecule has 0 bridgehead atoms. The van der Waals surface area contributed by atoms with E-state index < -0.39 is 0 Å². The summed E-state index contributed by atoms with van der Waals surface area (Å²) in [4.78, 5) is 27.1. The Morgan fingerprint density at radius 1 is 0.794 bits per heavy atom. The molecule has 4 rings (SSSR count). The number of nitrogens with one attached hydrogen (secondary N) is 2. The number of carbonyl (C=O) groups is 2. The molecule has 0 saturated heterocycles. The third-order valence-electron chi connectivity index (χ3n) is 5.97. The van der Waals surface area contributed by atoms with E-state index in [9.17, 15) is 9.59 Å². The second-order valence-electron chi connectivity index (χ2n) is 8.29. The van der Waals surface area contributed by atoms with Crippen LogP contribution >= 0.6 is 0 Å². The number of hydrogen-bond acceptors (Lipinski definition) is 4. The van der Waals surface area contributed by atoms with Crippen LogP contribution in [0, 0.1) is 0 Å². The van der Waals surface area contributed by atoms with Crippen molar-refractivity contribution >= 4 is 33.2 Å². The van der Waals surface area contributed by atoms with Crippen molar-refractivity contribution in [1.82, 2.24) is 15.6 Å². The van der Waals surface area contributed by atoms with E-state index in [0.29, 0.717) is 6.42 Å². The molecule has 34 heavy (non-hydrogen) atoms. The number of ketones is 2. The number of fused-ring (bicyclic) bond motifs is 2. The van der Waals surface area contributed by atoms with Crippen LogP contribution in [-0.2, 0) is 55.1 Å². The summed E-state index contributed by atoms with van der Waals surface area (Å²) >= 11 is 0. The van der Waals surface area contributed by atoms with Gasteiger partial charge in [0.15, 0.2) is 0 Å². The summed E-state index contributed by atoms with van der Waals surface area (Å²) in [7, 11) is 3.64. The van der Waals surface area contributed by atoms with Gasteiger partial charge in [0.25, 0.3) is 0 Å². The third kappa shape index (κ3) is 7.41. The summed E-state index contributed by atoms with van der Waals surface area (Å²) < 4.78 is 0. The van der Waals surface area contributed by atoms with Crippen LogP contribution in [0.25, 0.3) is 21.7 Å². The summed E-state index contributed by atoms with van der Waals surface area (Å²) in [6.07, 6.45) is 3.31. The van der Waals surface area contributed by atoms with Crippen molar-refractivity contribution in [2.75, 3.05) is 14.1 Å². The molecule has 2 atom stereocenters. The second kappa shape index (κ2) is 13.6. The molecule has 6 heteroatoms. The first kappa shape index (κ1) is 28.1. The van der Waals surface area contributed by atoms with Gasteiger partial charge in [0, 0.05) is 32.7 Å². The molecule has 1 aromatic heterocycles. The predicted molar refractivity (Wildman–Crippen MR) is 136 cm³/mol. The van der Waals surface area contributed by atoms with E-state index in [2.05, 4.69) is 45.9 Å². The maximum absolute atomic E-state index is 11.4. The van der Waals surface area contributed by atoms with Gasteiger partial charge in [-0.25, -0.2) is 0 Å². The minimum absolute atomic E-state index is 0. The first-order valence-electron chi connectivity index (χ1n) is 11.2. The molecular formula is C28H32N3O2Y-. The van der Waals surface area contributed by atoms with Gasteiger partial charge < -0.3 is 15.6 Å². The molecule has 5 nitrogen and oxygen atoms in total. The maximum Gasteiger partial charge on any atom is 0.147 e. The molecule has 0 amide bonds. The number of rotatable bonds is 8. The van der Waals surface area contributed by atoms with Crippen LogP contribution in [0.4, 0.5) is 0 Å². The fourth-order valence-corrected chi connectivity index (χ4v) is 3.96. The SMILES string of the molecule is CNC(Cc1c[n-]c2ccccc12)C(C)=O.CNC(Cc1ccc2ccccc2c1)C(C)=O.[Y]. The van der Waals surface area contributed by atoms with Crippen LogP contribution in [-0.4, -0.2) is 37.7 Å². The van der Waals surface area contributed by atoms with Gasteiger partial charge in [0.05, 0.1) is 12.1 Å². The fourth-order valence-electron chi connectivity index (χ4n) is 3.96. The number of Topliss-reactive ketones (excluding diaryl/α,β-unsaturated/α-hetero) is 2. The Morgan fingerprint density at radius 3 is 2.03 bits per heavy atom. The summed E-state index contributed by atoms with van der Waals surface area (Å²) in [6, 6.07) is 22.4. The molecule has 0 fully saturated rings. The van der Waals surface area contributed by atoms with Gasteiger partial charge in [-0.1, -0.05) is 72.3 Å². The number of carbonyl (C=O) groups excluding carboxylic acids is 2. The summed E-state index contributed by atoms with van der Waals surface area (Å²) in [6.45, 7) is 3.24. The Labute approximate surface area is 227 Å². The van der Waals surface area contributed by atoms with Crippen molar-refractivity contribution in [2.45, 2.75) is 38.8 Å². The quantitative estimate of drug-likeness (QED) is 0.359. The van der Waals surface area contributed by atoms with Crippen molar-refractivity contribution in [3.63, 3.8) is 0 Å². The van der Waals surface area contributed by atoms with Crippen molar-refractivity contribution in [3.8, 4) is 0 Å². The molecule has 4 aromatic rings. The average molecular weight is 531 g/mol. The standard InChI is InChI=1S/C15H17NO.C13H15N2O.Y/c1-11(17)15(16-2)10-12-7-8-13-5-3-4-6-14(13)9-12;1-9(16)13(14-2)7-10-8-15-12-6-4-3-5-11(10)12;/h3-9,15-16H,10H2,1-2H3;3-6,8,13-14H,7H2,1-2H3;/q;-1;. The van der Waals surface area contributed by atoms with Crippen LogP contribution in [0.2, 0.25) is 0 Å². The Bertz CT molecular complexity index is 1230. The Morgan fingerprint density at radius 2 is 1.38 bits per heavy atom. The van der Waals surface area contributed by atoms with Crippen molar-refractivity contribution in [3.05, 3.63) is 84.1 Å². The summed E-state index contributed by atoms with van der Waals surface area (Å²) in [5, 5.41) is 9.68. The molecular weight excluding hydrogens is 499 g/mol. The zero-order chi connectivity index (χ0) is 23.8. The van der Waals surface area contributed by atoms with Gasteiger partial charge >= 0.3 is 0 Å².